The molecular formula is C14H23ClN2O. The number of alkyl halides is 1. The van der Waals surface area contributed by atoms with Crippen LogP contribution in [-0.2, 0) is 0 Å². The van der Waals surface area contributed by atoms with Gasteiger partial charge in [0.25, 0.3) is 0 Å². The molecule has 0 aromatic carbocycles. The van der Waals surface area contributed by atoms with Crippen LogP contribution in [0.1, 0.15) is 81.9 Å². The highest BCUT2D eigenvalue weighted by atomic mass is 35.5. The second kappa shape index (κ2) is 6.55. The number of rotatable bonds is 5. The summed E-state index contributed by atoms with van der Waals surface area (Å²) < 4.78 is 5.65. The Hall–Kier alpha value is -0.570. The molecule has 1 aromatic rings. The normalized spacial score (nSPS) is 26.2. The first-order valence-electron chi connectivity index (χ1n) is 7.18. The molecule has 1 aliphatic carbocycles. The molecule has 0 saturated heterocycles. The van der Waals surface area contributed by atoms with Gasteiger partial charge in [0.15, 0.2) is 0 Å². The van der Waals surface area contributed by atoms with Crippen molar-refractivity contribution in [2.45, 2.75) is 70.1 Å². The van der Waals surface area contributed by atoms with Crippen molar-refractivity contribution in [3.63, 3.8) is 0 Å². The third kappa shape index (κ3) is 3.47. The maximum absolute atomic E-state index is 5.94. The highest BCUT2D eigenvalue weighted by molar-refractivity contribution is 6.20. The van der Waals surface area contributed by atoms with Crippen LogP contribution in [0.3, 0.4) is 0 Å². The molecular weight excluding hydrogens is 248 g/mol. The number of aromatic nitrogens is 2. The number of unbranched alkanes of at least 4 members (excludes halogenated alkanes) is 1. The summed E-state index contributed by atoms with van der Waals surface area (Å²) >= 11 is 5.94. The van der Waals surface area contributed by atoms with E-state index < -0.39 is 0 Å². The van der Waals surface area contributed by atoms with Gasteiger partial charge in [0.1, 0.15) is 5.38 Å². The summed E-state index contributed by atoms with van der Waals surface area (Å²) in [4.78, 5) is 0. The Morgan fingerprint density at radius 3 is 2.56 bits per heavy atom. The zero-order valence-electron chi connectivity index (χ0n) is 11.4. The minimum atomic E-state index is -0.188. The van der Waals surface area contributed by atoms with E-state index in [1.54, 1.807) is 0 Å². The highest BCUT2D eigenvalue weighted by Gasteiger charge is 2.26. The lowest BCUT2D eigenvalue weighted by Gasteiger charge is -2.26. The van der Waals surface area contributed by atoms with Crippen LogP contribution in [-0.4, -0.2) is 10.2 Å². The van der Waals surface area contributed by atoms with Crippen LogP contribution in [0.25, 0.3) is 0 Å². The molecule has 102 valence electrons. The van der Waals surface area contributed by atoms with Gasteiger partial charge in [-0.1, -0.05) is 26.2 Å². The summed E-state index contributed by atoms with van der Waals surface area (Å²) in [5.74, 6) is 2.72. The SMILES string of the molecule is CCCCC1CCC(c2nnc(C(C)Cl)o2)CC1. The average molecular weight is 271 g/mol. The van der Waals surface area contributed by atoms with Crippen LogP contribution in [0.15, 0.2) is 4.42 Å². The molecule has 1 aromatic heterocycles. The molecule has 1 atom stereocenters. The minimum absolute atomic E-state index is 0.188. The minimum Gasteiger partial charge on any atom is -0.423 e. The monoisotopic (exact) mass is 270 g/mol. The van der Waals surface area contributed by atoms with E-state index in [0.29, 0.717) is 11.8 Å². The van der Waals surface area contributed by atoms with Crippen molar-refractivity contribution >= 4 is 11.6 Å². The molecule has 0 aliphatic heterocycles. The molecule has 0 bridgehead atoms. The fourth-order valence-corrected chi connectivity index (χ4v) is 2.85. The molecule has 1 unspecified atom stereocenters. The van der Waals surface area contributed by atoms with E-state index in [9.17, 15) is 0 Å². The highest BCUT2D eigenvalue weighted by Crippen LogP contribution is 2.37. The second-order valence-corrected chi connectivity index (χ2v) is 6.11. The fraction of sp³-hybridized carbons (Fsp3) is 0.857. The van der Waals surface area contributed by atoms with Crippen LogP contribution in [0.5, 0.6) is 0 Å². The Bertz CT molecular complexity index is 356. The molecule has 1 fully saturated rings. The first-order chi connectivity index (χ1) is 8.70. The topological polar surface area (TPSA) is 38.9 Å². The van der Waals surface area contributed by atoms with E-state index in [-0.39, 0.29) is 5.38 Å². The van der Waals surface area contributed by atoms with Crippen LogP contribution in [0, 0.1) is 5.92 Å². The smallest absolute Gasteiger partial charge is 0.234 e. The van der Waals surface area contributed by atoms with Crippen molar-refractivity contribution in [1.29, 1.82) is 0 Å². The Morgan fingerprint density at radius 1 is 1.28 bits per heavy atom. The van der Waals surface area contributed by atoms with Gasteiger partial charge in [0.05, 0.1) is 0 Å². The first kappa shape index (κ1) is 13.9. The molecule has 1 aliphatic rings. The fourth-order valence-electron chi connectivity index (χ4n) is 2.76. The molecule has 1 saturated carbocycles. The average Bonchev–Trinajstić information content (AvgIpc) is 2.87. The van der Waals surface area contributed by atoms with Crippen LogP contribution >= 0.6 is 11.6 Å². The Labute approximate surface area is 114 Å². The van der Waals surface area contributed by atoms with E-state index in [2.05, 4.69) is 17.1 Å². The van der Waals surface area contributed by atoms with Crippen molar-refractivity contribution < 1.29 is 4.42 Å². The Kier molecular flexibility index (Phi) is 5.04. The summed E-state index contributed by atoms with van der Waals surface area (Å²) in [6.07, 6.45) is 9.04. The van der Waals surface area contributed by atoms with Crippen molar-refractivity contribution in [2.75, 3.05) is 0 Å². The predicted molar refractivity (Wildman–Crippen MR) is 72.8 cm³/mol. The van der Waals surface area contributed by atoms with E-state index in [0.717, 1.165) is 11.8 Å². The molecule has 0 spiro atoms. The van der Waals surface area contributed by atoms with Crippen molar-refractivity contribution in [3.05, 3.63) is 11.8 Å². The van der Waals surface area contributed by atoms with Gasteiger partial charge >= 0.3 is 0 Å². The van der Waals surface area contributed by atoms with Gasteiger partial charge in [0.2, 0.25) is 11.8 Å². The number of hydrogen-bond acceptors (Lipinski definition) is 3. The van der Waals surface area contributed by atoms with Crippen LogP contribution in [0.2, 0.25) is 0 Å². The van der Waals surface area contributed by atoms with E-state index in [4.69, 9.17) is 16.0 Å². The van der Waals surface area contributed by atoms with Gasteiger partial charge < -0.3 is 4.42 Å². The molecule has 2 rings (SSSR count). The van der Waals surface area contributed by atoms with Crippen molar-refractivity contribution in [2.24, 2.45) is 5.92 Å². The lowest BCUT2D eigenvalue weighted by atomic mass is 9.80. The third-order valence-corrected chi connectivity index (χ3v) is 4.15. The molecule has 4 heteroatoms. The third-order valence-electron chi connectivity index (χ3n) is 3.96. The van der Waals surface area contributed by atoms with Gasteiger partial charge in [0, 0.05) is 5.92 Å². The van der Waals surface area contributed by atoms with E-state index in [1.807, 2.05) is 6.92 Å². The summed E-state index contributed by atoms with van der Waals surface area (Å²) in [7, 11) is 0. The van der Waals surface area contributed by atoms with Crippen LogP contribution < -0.4 is 0 Å². The van der Waals surface area contributed by atoms with Gasteiger partial charge in [-0.15, -0.1) is 21.8 Å². The van der Waals surface area contributed by atoms with Crippen molar-refractivity contribution in [3.8, 4) is 0 Å². The predicted octanol–water partition coefficient (Wildman–Crippen LogP) is 4.83. The lowest BCUT2D eigenvalue weighted by Crippen LogP contribution is -2.13. The number of halogens is 1. The maximum Gasteiger partial charge on any atom is 0.234 e. The summed E-state index contributed by atoms with van der Waals surface area (Å²) in [6, 6.07) is 0. The number of nitrogens with zero attached hydrogens (tertiary/aromatic N) is 2. The zero-order valence-corrected chi connectivity index (χ0v) is 12.1. The molecule has 18 heavy (non-hydrogen) atoms. The van der Waals surface area contributed by atoms with E-state index in [1.165, 1.54) is 44.9 Å². The van der Waals surface area contributed by atoms with Gasteiger partial charge in [-0.2, -0.15) is 0 Å². The number of hydrogen-bond donors (Lipinski definition) is 0. The quantitative estimate of drug-likeness (QED) is 0.719. The van der Waals surface area contributed by atoms with Gasteiger partial charge in [-0.05, 0) is 38.5 Å². The molecule has 0 radical (unpaired) electrons. The zero-order chi connectivity index (χ0) is 13.0. The Balaban J connectivity index is 1.85. The Morgan fingerprint density at radius 2 is 2.00 bits per heavy atom. The largest absolute Gasteiger partial charge is 0.423 e. The summed E-state index contributed by atoms with van der Waals surface area (Å²) in [6.45, 7) is 4.12. The van der Waals surface area contributed by atoms with E-state index >= 15 is 0 Å². The molecule has 1 heterocycles. The maximum atomic E-state index is 5.94. The van der Waals surface area contributed by atoms with Gasteiger partial charge in [-0.3, -0.25) is 0 Å². The lowest BCUT2D eigenvalue weighted by molar-refractivity contribution is 0.274. The summed E-state index contributed by atoms with van der Waals surface area (Å²) in [5.41, 5.74) is 0. The van der Waals surface area contributed by atoms with Gasteiger partial charge in [-0.25, -0.2) is 0 Å². The van der Waals surface area contributed by atoms with Crippen LogP contribution in [0.4, 0.5) is 0 Å². The summed E-state index contributed by atoms with van der Waals surface area (Å²) in [5, 5.41) is 7.97. The first-order valence-corrected chi connectivity index (χ1v) is 7.61. The molecule has 0 N–H and O–H groups in total. The molecule has 3 nitrogen and oxygen atoms in total. The molecule has 0 amide bonds. The van der Waals surface area contributed by atoms with Crippen molar-refractivity contribution in [1.82, 2.24) is 10.2 Å². The second-order valence-electron chi connectivity index (χ2n) is 5.45. The standard InChI is InChI=1S/C14H23ClN2O/c1-3-4-5-11-6-8-12(9-7-11)14-17-16-13(18-14)10(2)15/h10-12H,3-9H2,1-2H3.